The molecule has 0 bridgehead atoms. The molecule has 0 spiro atoms. The van der Waals surface area contributed by atoms with Crippen molar-refractivity contribution in [3.05, 3.63) is 59.3 Å². The lowest BCUT2D eigenvalue weighted by Gasteiger charge is -2.34. The van der Waals surface area contributed by atoms with E-state index in [1.54, 1.807) is 18.9 Å². The number of amides is 1. The van der Waals surface area contributed by atoms with E-state index in [0.29, 0.717) is 53.8 Å². The number of nitrogens with one attached hydrogen (secondary N) is 2. The maximum Gasteiger partial charge on any atom is 0.227 e. The van der Waals surface area contributed by atoms with Gasteiger partial charge in [-0.15, -0.1) is 0 Å². The smallest absolute Gasteiger partial charge is 0.227 e. The van der Waals surface area contributed by atoms with Gasteiger partial charge in [-0.2, -0.15) is 0 Å². The third-order valence-corrected chi connectivity index (χ3v) is 6.72. The summed E-state index contributed by atoms with van der Waals surface area (Å²) in [6.45, 7) is 4.11. The van der Waals surface area contributed by atoms with Crippen LogP contribution in [-0.2, 0) is 9.53 Å². The minimum Gasteiger partial charge on any atom is -0.497 e. The van der Waals surface area contributed by atoms with Gasteiger partial charge in [-0.05, 0) is 43.2 Å². The fourth-order valence-corrected chi connectivity index (χ4v) is 4.68. The maximum atomic E-state index is 12.2. The van der Waals surface area contributed by atoms with Crippen LogP contribution in [0.4, 0.5) is 0 Å². The van der Waals surface area contributed by atoms with Crippen LogP contribution in [0.1, 0.15) is 31.7 Å². The first-order valence-corrected chi connectivity index (χ1v) is 12.0. The molecule has 35 heavy (non-hydrogen) atoms. The molecule has 5 rings (SSSR count). The number of carbonyl (C=O) groups is 1. The van der Waals surface area contributed by atoms with Crippen molar-refractivity contribution < 1.29 is 18.7 Å². The molecule has 2 aliphatic rings. The number of methoxy groups -OCH3 is 1. The molecule has 1 fully saturated rings. The number of fused-ring (bicyclic) bond motifs is 1. The van der Waals surface area contributed by atoms with E-state index in [1.807, 2.05) is 42.5 Å². The Morgan fingerprint density at radius 1 is 1.17 bits per heavy atom. The van der Waals surface area contributed by atoms with Crippen LogP contribution in [0.2, 0.25) is 0 Å². The van der Waals surface area contributed by atoms with Gasteiger partial charge < -0.3 is 24.1 Å². The average Bonchev–Trinajstić information content (AvgIpc) is 3.33. The first kappa shape index (κ1) is 23.1. The zero-order chi connectivity index (χ0) is 24.4. The summed E-state index contributed by atoms with van der Waals surface area (Å²) in [5.41, 5.74) is 5.03. The standard InChI is InChI=1S/C27H30N4O4/c1-17(32)31-13-10-23(29-19-11-14-34-15-12-19)22(16-31)25(28)21-4-3-5-24-26(21)30-27(35-24)18-6-8-20(33-2)9-7-18/h3-9,19,28-29H,10-16H2,1-2H3. The highest BCUT2D eigenvalue weighted by atomic mass is 16.5. The number of benzene rings is 2. The Labute approximate surface area is 204 Å². The highest BCUT2D eigenvalue weighted by Crippen LogP contribution is 2.30. The topological polar surface area (TPSA) is 101 Å². The SMILES string of the molecule is COc1ccc(-c2nc3c(C(=N)C4=C(NC5CCOCC5)CCN(C(C)=O)C4)cccc3o2)cc1. The van der Waals surface area contributed by atoms with E-state index >= 15 is 0 Å². The van der Waals surface area contributed by atoms with Crippen LogP contribution in [-0.4, -0.2) is 61.0 Å². The first-order chi connectivity index (χ1) is 17.0. The lowest BCUT2D eigenvalue weighted by molar-refractivity contribution is -0.128. The van der Waals surface area contributed by atoms with Gasteiger partial charge in [0, 0.05) is 68.1 Å². The van der Waals surface area contributed by atoms with E-state index in [-0.39, 0.29) is 5.91 Å². The summed E-state index contributed by atoms with van der Waals surface area (Å²) in [5.74, 6) is 1.27. The molecule has 182 valence electrons. The van der Waals surface area contributed by atoms with E-state index in [0.717, 1.165) is 48.6 Å². The minimum absolute atomic E-state index is 0.0156. The fraction of sp³-hybridized carbons (Fsp3) is 0.370. The number of aromatic nitrogens is 1. The van der Waals surface area contributed by atoms with Crippen LogP contribution < -0.4 is 10.1 Å². The second-order valence-electron chi connectivity index (χ2n) is 8.95. The maximum absolute atomic E-state index is 12.2. The van der Waals surface area contributed by atoms with Gasteiger partial charge in [0.15, 0.2) is 5.58 Å². The number of hydrogen-bond acceptors (Lipinski definition) is 7. The van der Waals surface area contributed by atoms with Gasteiger partial charge >= 0.3 is 0 Å². The summed E-state index contributed by atoms with van der Waals surface area (Å²) in [6.07, 6.45) is 2.57. The largest absolute Gasteiger partial charge is 0.497 e. The van der Waals surface area contributed by atoms with Gasteiger partial charge in [-0.1, -0.05) is 12.1 Å². The summed E-state index contributed by atoms with van der Waals surface area (Å²) in [6, 6.07) is 13.5. The average molecular weight is 475 g/mol. The van der Waals surface area contributed by atoms with E-state index in [2.05, 4.69) is 5.32 Å². The number of para-hydroxylation sites is 1. The van der Waals surface area contributed by atoms with Crippen LogP contribution in [0.3, 0.4) is 0 Å². The van der Waals surface area contributed by atoms with Crippen molar-refractivity contribution in [2.24, 2.45) is 0 Å². The van der Waals surface area contributed by atoms with Crippen LogP contribution in [0.5, 0.6) is 5.75 Å². The summed E-state index contributed by atoms with van der Waals surface area (Å²) < 4.78 is 16.8. The molecule has 0 unspecified atom stereocenters. The summed E-state index contributed by atoms with van der Waals surface area (Å²) in [7, 11) is 1.63. The van der Waals surface area contributed by atoms with Crippen molar-refractivity contribution in [2.75, 3.05) is 33.4 Å². The van der Waals surface area contributed by atoms with Gasteiger partial charge in [-0.25, -0.2) is 4.98 Å². The molecular formula is C27H30N4O4. The highest BCUT2D eigenvalue weighted by molar-refractivity contribution is 6.17. The third-order valence-electron chi connectivity index (χ3n) is 6.72. The van der Waals surface area contributed by atoms with Crippen LogP contribution >= 0.6 is 0 Å². The van der Waals surface area contributed by atoms with E-state index in [4.69, 9.17) is 18.9 Å². The van der Waals surface area contributed by atoms with Crippen molar-refractivity contribution in [2.45, 2.75) is 32.2 Å². The van der Waals surface area contributed by atoms with E-state index in [1.165, 1.54) is 0 Å². The van der Waals surface area contributed by atoms with Gasteiger partial charge in [0.1, 0.15) is 11.3 Å². The molecule has 0 saturated carbocycles. The van der Waals surface area contributed by atoms with Crippen molar-refractivity contribution in [1.29, 1.82) is 5.41 Å². The van der Waals surface area contributed by atoms with Crippen molar-refractivity contribution in [1.82, 2.24) is 15.2 Å². The first-order valence-electron chi connectivity index (χ1n) is 12.0. The Balaban J connectivity index is 1.51. The van der Waals surface area contributed by atoms with Crippen LogP contribution in [0.25, 0.3) is 22.6 Å². The van der Waals surface area contributed by atoms with Gasteiger partial charge in [0.2, 0.25) is 11.8 Å². The van der Waals surface area contributed by atoms with Gasteiger partial charge in [-0.3, -0.25) is 10.2 Å². The monoisotopic (exact) mass is 474 g/mol. The second kappa shape index (κ2) is 9.92. The Hall–Kier alpha value is -3.65. The molecule has 0 radical (unpaired) electrons. The number of ether oxygens (including phenoxy) is 2. The molecule has 0 atom stereocenters. The minimum atomic E-state index is 0.0156. The van der Waals surface area contributed by atoms with E-state index < -0.39 is 0 Å². The fourth-order valence-electron chi connectivity index (χ4n) is 4.68. The molecule has 2 aliphatic heterocycles. The molecular weight excluding hydrogens is 444 g/mol. The predicted molar refractivity (Wildman–Crippen MR) is 134 cm³/mol. The summed E-state index contributed by atoms with van der Waals surface area (Å²) in [4.78, 5) is 18.7. The van der Waals surface area contributed by atoms with Crippen LogP contribution in [0, 0.1) is 5.41 Å². The van der Waals surface area contributed by atoms with Crippen LogP contribution in [0.15, 0.2) is 58.2 Å². The van der Waals surface area contributed by atoms with E-state index in [9.17, 15) is 10.2 Å². The van der Waals surface area contributed by atoms with Crippen molar-refractivity contribution in [3.63, 3.8) is 0 Å². The Morgan fingerprint density at radius 2 is 1.94 bits per heavy atom. The molecule has 2 aromatic carbocycles. The lowest BCUT2D eigenvalue weighted by Crippen LogP contribution is -2.43. The molecule has 8 nitrogen and oxygen atoms in total. The number of rotatable bonds is 6. The quantitative estimate of drug-likeness (QED) is 0.521. The zero-order valence-corrected chi connectivity index (χ0v) is 20.1. The van der Waals surface area contributed by atoms with Gasteiger partial charge in [0.05, 0.1) is 12.8 Å². The summed E-state index contributed by atoms with van der Waals surface area (Å²) >= 11 is 0. The second-order valence-corrected chi connectivity index (χ2v) is 8.95. The Bertz CT molecular complexity index is 1270. The number of oxazole rings is 1. The number of nitrogens with zero attached hydrogens (tertiary/aromatic N) is 2. The normalized spacial score (nSPS) is 17.0. The van der Waals surface area contributed by atoms with Crippen molar-refractivity contribution >= 4 is 22.7 Å². The molecule has 3 aromatic rings. The number of hydrogen-bond donors (Lipinski definition) is 2. The molecule has 0 aliphatic carbocycles. The highest BCUT2D eigenvalue weighted by Gasteiger charge is 2.27. The molecule has 8 heteroatoms. The van der Waals surface area contributed by atoms with Crippen molar-refractivity contribution in [3.8, 4) is 17.2 Å². The predicted octanol–water partition coefficient (Wildman–Crippen LogP) is 4.15. The summed E-state index contributed by atoms with van der Waals surface area (Å²) in [5, 5.41) is 12.9. The van der Waals surface area contributed by atoms with Gasteiger partial charge in [0.25, 0.3) is 0 Å². The molecule has 3 heterocycles. The molecule has 2 N–H and O–H groups in total. The zero-order valence-electron chi connectivity index (χ0n) is 20.1. The molecule has 1 amide bonds. The molecule has 1 saturated heterocycles. The Kier molecular flexibility index (Phi) is 6.55. The Morgan fingerprint density at radius 3 is 2.66 bits per heavy atom. The molecule has 1 aromatic heterocycles. The third kappa shape index (κ3) is 4.79. The lowest BCUT2D eigenvalue weighted by atomic mass is 9.94. The number of carbonyl (C=O) groups excluding carboxylic acids is 1.